The molecular weight excluding hydrogens is 264 g/mol. The highest BCUT2D eigenvalue weighted by Crippen LogP contribution is 2.24. The van der Waals surface area contributed by atoms with Gasteiger partial charge in [0.25, 0.3) is 0 Å². The molecule has 1 heterocycles. The monoisotopic (exact) mass is 280 g/mol. The Bertz CT molecular complexity index is 536. The first-order chi connectivity index (χ1) is 8.60. The Hall–Kier alpha value is -0.900. The number of aromatic nitrogens is 1. The van der Waals surface area contributed by atoms with Gasteiger partial charge in [-0.3, -0.25) is 0 Å². The summed E-state index contributed by atoms with van der Waals surface area (Å²) in [6.07, 6.45) is 0.897. The molecule has 96 valence electrons. The van der Waals surface area contributed by atoms with Crippen molar-refractivity contribution in [1.82, 2.24) is 10.3 Å². The van der Waals surface area contributed by atoms with Crippen LogP contribution in [0.5, 0.6) is 0 Å². The Morgan fingerprint density at radius 3 is 2.72 bits per heavy atom. The minimum absolute atomic E-state index is 0.258. The zero-order chi connectivity index (χ0) is 13.1. The SMILES string of the molecule is CNC(Cc1nc(C)cs1)c1ccc(C)c(Cl)c1. The smallest absolute Gasteiger partial charge is 0.0947 e. The van der Waals surface area contributed by atoms with Crippen LogP contribution >= 0.6 is 22.9 Å². The standard InChI is InChI=1S/C14H17ClN2S/c1-9-4-5-11(6-12(9)15)13(16-3)7-14-17-10(2)8-18-14/h4-6,8,13,16H,7H2,1-3H3. The summed E-state index contributed by atoms with van der Waals surface area (Å²) >= 11 is 7.89. The van der Waals surface area contributed by atoms with Crippen molar-refractivity contribution in [2.24, 2.45) is 0 Å². The van der Waals surface area contributed by atoms with E-state index in [9.17, 15) is 0 Å². The van der Waals surface area contributed by atoms with Gasteiger partial charge in [0.05, 0.1) is 5.01 Å². The van der Waals surface area contributed by atoms with Crippen LogP contribution < -0.4 is 5.32 Å². The zero-order valence-electron chi connectivity index (χ0n) is 10.8. The van der Waals surface area contributed by atoms with E-state index < -0.39 is 0 Å². The molecule has 0 radical (unpaired) electrons. The molecule has 1 atom stereocenters. The Balaban J connectivity index is 2.19. The number of hydrogen-bond acceptors (Lipinski definition) is 3. The van der Waals surface area contributed by atoms with Gasteiger partial charge < -0.3 is 5.32 Å². The quantitative estimate of drug-likeness (QED) is 0.918. The third-order valence-electron chi connectivity index (χ3n) is 2.99. The van der Waals surface area contributed by atoms with Gasteiger partial charge >= 0.3 is 0 Å². The van der Waals surface area contributed by atoms with Crippen molar-refractivity contribution in [1.29, 1.82) is 0 Å². The molecule has 0 saturated carbocycles. The Morgan fingerprint density at radius 1 is 1.39 bits per heavy atom. The van der Waals surface area contributed by atoms with Crippen LogP contribution in [0.15, 0.2) is 23.6 Å². The van der Waals surface area contributed by atoms with Crippen molar-refractivity contribution in [3.8, 4) is 0 Å². The van der Waals surface area contributed by atoms with Crippen LogP contribution in [0.25, 0.3) is 0 Å². The number of likely N-dealkylation sites (N-methyl/N-ethyl adjacent to an activating group) is 1. The number of nitrogens with one attached hydrogen (secondary N) is 1. The van der Waals surface area contributed by atoms with E-state index >= 15 is 0 Å². The van der Waals surface area contributed by atoms with Crippen LogP contribution in [0.3, 0.4) is 0 Å². The lowest BCUT2D eigenvalue weighted by atomic mass is 10.0. The van der Waals surface area contributed by atoms with Gasteiger partial charge in [-0.1, -0.05) is 23.7 Å². The number of benzene rings is 1. The second-order valence-electron chi connectivity index (χ2n) is 4.44. The molecule has 18 heavy (non-hydrogen) atoms. The Morgan fingerprint density at radius 2 is 2.17 bits per heavy atom. The number of hydrogen-bond donors (Lipinski definition) is 1. The Kier molecular flexibility index (Phi) is 4.38. The predicted octanol–water partition coefficient (Wildman–Crippen LogP) is 3.92. The molecule has 0 aliphatic rings. The fourth-order valence-corrected chi connectivity index (χ4v) is 2.89. The van der Waals surface area contributed by atoms with Crippen LogP contribution in [0.4, 0.5) is 0 Å². The summed E-state index contributed by atoms with van der Waals surface area (Å²) in [6, 6.07) is 6.49. The largest absolute Gasteiger partial charge is 0.313 e. The number of thiazole rings is 1. The number of aryl methyl sites for hydroxylation is 2. The molecule has 1 aromatic heterocycles. The molecule has 2 nitrogen and oxygen atoms in total. The van der Waals surface area contributed by atoms with E-state index in [-0.39, 0.29) is 6.04 Å². The van der Waals surface area contributed by atoms with Crippen molar-refractivity contribution >= 4 is 22.9 Å². The highest BCUT2D eigenvalue weighted by molar-refractivity contribution is 7.09. The van der Waals surface area contributed by atoms with Gasteiger partial charge in [-0.25, -0.2) is 4.98 Å². The van der Waals surface area contributed by atoms with Gasteiger partial charge in [0.1, 0.15) is 0 Å². The number of rotatable bonds is 4. The minimum Gasteiger partial charge on any atom is -0.313 e. The molecule has 0 saturated heterocycles. The molecule has 2 rings (SSSR count). The van der Waals surface area contributed by atoms with E-state index in [1.54, 1.807) is 11.3 Å². The third kappa shape index (κ3) is 3.10. The first kappa shape index (κ1) is 13.5. The van der Waals surface area contributed by atoms with E-state index in [0.29, 0.717) is 0 Å². The first-order valence-electron chi connectivity index (χ1n) is 5.94. The fraction of sp³-hybridized carbons (Fsp3) is 0.357. The number of halogens is 1. The summed E-state index contributed by atoms with van der Waals surface area (Å²) in [4.78, 5) is 4.51. The Labute approximate surface area is 117 Å². The van der Waals surface area contributed by atoms with Crippen LogP contribution in [-0.4, -0.2) is 12.0 Å². The molecule has 0 bridgehead atoms. The van der Waals surface area contributed by atoms with Crippen molar-refractivity contribution in [2.45, 2.75) is 26.3 Å². The van der Waals surface area contributed by atoms with Crippen molar-refractivity contribution in [2.75, 3.05) is 7.05 Å². The average molecular weight is 281 g/mol. The summed E-state index contributed by atoms with van der Waals surface area (Å²) < 4.78 is 0. The first-order valence-corrected chi connectivity index (χ1v) is 7.20. The minimum atomic E-state index is 0.258. The molecule has 0 aliphatic carbocycles. The maximum Gasteiger partial charge on any atom is 0.0947 e. The average Bonchev–Trinajstić information content (AvgIpc) is 2.75. The van der Waals surface area contributed by atoms with E-state index in [1.165, 1.54) is 5.56 Å². The van der Waals surface area contributed by atoms with Gasteiger partial charge in [-0.2, -0.15) is 0 Å². The van der Waals surface area contributed by atoms with Gasteiger partial charge in [-0.05, 0) is 38.1 Å². The molecule has 0 aliphatic heterocycles. The maximum absolute atomic E-state index is 6.18. The normalized spacial score (nSPS) is 12.7. The van der Waals surface area contributed by atoms with E-state index in [4.69, 9.17) is 11.6 Å². The van der Waals surface area contributed by atoms with Crippen molar-refractivity contribution < 1.29 is 0 Å². The van der Waals surface area contributed by atoms with E-state index in [2.05, 4.69) is 27.8 Å². The summed E-state index contributed by atoms with van der Waals surface area (Å²) in [5.41, 5.74) is 3.41. The van der Waals surface area contributed by atoms with Gasteiger partial charge in [-0.15, -0.1) is 11.3 Å². The fourth-order valence-electron chi connectivity index (χ4n) is 1.88. The summed E-state index contributed by atoms with van der Waals surface area (Å²) in [5.74, 6) is 0. The highest BCUT2D eigenvalue weighted by Gasteiger charge is 2.13. The third-order valence-corrected chi connectivity index (χ3v) is 4.39. The van der Waals surface area contributed by atoms with Gasteiger partial charge in [0.2, 0.25) is 0 Å². The second kappa shape index (κ2) is 5.83. The maximum atomic E-state index is 6.18. The highest BCUT2D eigenvalue weighted by atomic mass is 35.5. The molecule has 1 N–H and O–H groups in total. The molecule has 0 amide bonds. The summed E-state index contributed by atoms with van der Waals surface area (Å²) in [5, 5.41) is 7.40. The van der Waals surface area contributed by atoms with E-state index in [0.717, 1.165) is 27.7 Å². The zero-order valence-corrected chi connectivity index (χ0v) is 12.4. The molecule has 2 aromatic rings. The molecule has 1 aromatic carbocycles. The topological polar surface area (TPSA) is 24.9 Å². The van der Waals surface area contributed by atoms with Gasteiger partial charge in [0, 0.05) is 28.6 Å². The second-order valence-corrected chi connectivity index (χ2v) is 5.79. The molecule has 1 unspecified atom stereocenters. The van der Waals surface area contributed by atoms with Crippen molar-refractivity contribution in [3.05, 3.63) is 50.4 Å². The lowest BCUT2D eigenvalue weighted by Crippen LogP contribution is -2.18. The van der Waals surface area contributed by atoms with Gasteiger partial charge in [0.15, 0.2) is 0 Å². The summed E-state index contributed by atoms with van der Waals surface area (Å²) in [6.45, 7) is 4.04. The predicted molar refractivity (Wildman–Crippen MR) is 78.5 cm³/mol. The van der Waals surface area contributed by atoms with Crippen LogP contribution in [0.1, 0.15) is 27.9 Å². The van der Waals surface area contributed by atoms with Crippen molar-refractivity contribution in [3.63, 3.8) is 0 Å². The molecule has 4 heteroatoms. The van der Waals surface area contributed by atoms with Crippen LogP contribution in [0.2, 0.25) is 5.02 Å². The lowest BCUT2D eigenvalue weighted by Gasteiger charge is -2.16. The number of nitrogens with zero attached hydrogens (tertiary/aromatic N) is 1. The van der Waals surface area contributed by atoms with E-state index in [1.807, 2.05) is 27.0 Å². The lowest BCUT2D eigenvalue weighted by molar-refractivity contribution is 0.590. The molecular formula is C14H17ClN2S. The van der Waals surface area contributed by atoms with Crippen LogP contribution in [0, 0.1) is 13.8 Å². The summed E-state index contributed by atoms with van der Waals surface area (Å²) in [7, 11) is 1.97. The molecule has 0 spiro atoms. The molecule has 0 fully saturated rings. The van der Waals surface area contributed by atoms with Crippen LogP contribution in [-0.2, 0) is 6.42 Å².